The molecule has 2 nitrogen and oxygen atoms in total. The van der Waals surface area contributed by atoms with Gasteiger partial charge in [-0.2, -0.15) is 0 Å². The summed E-state index contributed by atoms with van der Waals surface area (Å²) < 4.78 is 7.98. The van der Waals surface area contributed by atoms with Crippen molar-refractivity contribution in [2.24, 2.45) is 0 Å². The fourth-order valence-electron chi connectivity index (χ4n) is 0.677. The van der Waals surface area contributed by atoms with Crippen molar-refractivity contribution in [2.45, 2.75) is 4.52 Å². The molecule has 0 radical (unpaired) electrons. The van der Waals surface area contributed by atoms with Gasteiger partial charge in [-0.3, -0.25) is 0 Å². The van der Waals surface area contributed by atoms with Crippen LogP contribution < -0.4 is 0 Å². The van der Waals surface area contributed by atoms with Gasteiger partial charge in [-0.15, -0.1) is 0 Å². The van der Waals surface area contributed by atoms with Gasteiger partial charge in [0.15, 0.2) is 5.76 Å². The first-order chi connectivity index (χ1) is 5.99. The maximum atomic E-state index is 5.72. The maximum Gasteiger partial charge on any atom is 0.318 e. The highest BCUT2D eigenvalue weighted by molar-refractivity contribution is 6.49. The first-order valence-electron chi connectivity index (χ1n) is 3.08. The number of hydrogen-bond acceptors (Lipinski definition) is 2. The summed E-state index contributed by atoms with van der Waals surface area (Å²) in [6.45, 7) is 3.30. The van der Waals surface area contributed by atoms with E-state index in [0.717, 1.165) is 6.26 Å². The Balaban J connectivity index is 3.06. The lowest BCUT2D eigenvalue weighted by molar-refractivity contribution is 0.156. The average molecular weight is 262 g/mol. The molecule has 0 aliphatic carbocycles. The molecule has 0 saturated carbocycles. The van der Waals surface area contributed by atoms with E-state index < -0.39 is 4.52 Å². The SMILES string of the molecule is C=COC(Cl)(Cl)c1occ(Cl)c1Cl. The summed E-state index contributed by atoms with van der Waals surface area (Å²) in [6, 6.07) is 0. The van der Waals surface area contributed by atoms with Crippen LogP contribution in [-0.2, 0) is 9.26 Å². The van der Waals surface area contributed by atoms with Gasteiger partial charge in [0.2, 0.25) is 0 Å². The number of hydrogen-bond donors (Lipinski definition) is 0. The predicted molar refractivity (Wildman–Crippen MR) is 53.4 cm³/mol. The molecule has 0 bridgehead atoms. The number of ether oxygens (including phenoxy) is 1. The smallest absolute Gasteiger partial charge is 0.318 e. The van der Waals surface area contributed by atoms with Gasteiger partial charge >= 0.3 is 4.52 Å². The van der Waals surface area contributed by atoms with E-state index >= 15 is 0 Å². The van der Waals surface area contributed by atoms with Gasteiger partial charge in [-0.1, -0.05) is 29.8 Å². The molecule has 0 amide bonds. The molecule has 0 aliphatic rings. The number of rotatable bonds is 3. The first kappa shape index (κ1) is 11.1. The topological polar surface area (TPSA) is 22.4 Å². The molecule has 0 spiro atoms. The molecule has 6 heteroatoms. The zero-order valence-corrected chi connectivity index (χ0v) is 9.21. The standard InChI is InChI=1S/C7H4Cl4O2/c1-2-13-7(10,11)6-5(9)4(8)3-12-6/h2-3H,1H2. The third-order valence-electron chi connectivity index (χ3n) is 1.18. The van der Waals surface area contributed by atoms with Crippen LogP contribution in [0.25, 0.3) is 0 Å². The fourth-order valence-corrected chi connectivity index (χ4v) is 1.53. The third-order valence-corrected chi connectivity index (χ3v) is 2.46. The molecule has 1 aromatic heterocycles. The second-order valence-corrected chi connectivity index (χ2v) is 4.07. The van der Waals surface area contributed by atoms with Gasteiger partial charge in [0.25, 0.3) is 0 Å². The van der Waals surface area contributed by atoms with Crippen molar-refractivity contribution in [3.63, 3.8) is 0 Å². The van der Waals surface area contributed by atoms with E-state index in [1.54, 1.807) is 0 Å². The molecule has 0 saturated heterocycles. The third kappa shape index (κ3) is 2.26. The molecular weight excluding hydrogens is 258 g/mol. The van der Waals surface area contributed by atoms with Gasteiger partial charge in [0, 0.05) is 0 Å². The molecule has 13 heavy (non-hydrogen) atoms. The van der Waals surface area contributed by atoms with Crippen molar-refractivity contribution in [1.82, 2.24) is 0 Å². The minimum absolute atomic E-state index is 0.0300. The molecule has 1 heterocycles. The Morgan fingerprint density at radius 2 is 2.08 bits per heavy atom. The van der Waals surface area contributed by atoms with Crippen LogP contribution in [0.3, 0.4) is 0 Å². The summed E-state index contributed by atoms with van der Waals surface area (Å²) in [4.78, 5) is 0. The van der Waals surface area contributed by atoms with E-state index in [4.69, 9.17) is 55.6 Å². The van der Waals surface area contributed by atoms with Crippen LogP contribution in [0.5, 0.6) is 0 Å². The Bertz CT molecular complexity index is 318. The van der Waals surface area contributed by atoms with Gasteiger partial charge in [0.1, 0.15) is 11.3 Å². The lowest BCUT2D eigenvalue weighted by atomic mass is 10.4. The molecule has 0 unspecified atom stereocenters. The molecule has 0 atom stereocenters. The average Bonchev–Trinajstić information content (AvgIpc) is 2.33. The molecule has 72 valence electrons. The lowest BCUT2D eigenvalue weighted by Gasteiger charge is -2.15. The summed E-state index contributed by atoms with van der Waals surface area (Å²) in [6.07, 6.45) is 2.29. The fraction of sp³-hybridized carbons (Fsp3) is 0.143. The molecular formula is C7H4Cl4O2. The zero-order chi connectivity index (χ0) is 10.1. The molecule has 0 fully saturated rings. The Morgan fingerprint density at radius 1 is 1.46 bits per heavy atom. The highest BCUT2D eigenvalue weighted by atomic mass is 35.5. The van der Waals surface area contributed by atoms with Crippen LogP contribution in [-0.4, -0.2) is 0 Å². The summed E-state index contributed by atoms with van der Waals surface area (Å²) in [5.41, 5.74) is 0. The van der Waals surface area contributed by atoms with Crippen LogP contribution in [0.15, 0.2) is 23.5 Å². The van der Waals surface area contributed by atoms with E-state index in [-0.39, 0.29) is 15.8 Å². The first-order valence-corrected chi connectivity index (χ1v) is 4.59. The maximum absolute atomic E-state index is 5.72. The molecule has 1 rings (SSSR count). The molecule has 1 aromatic rings. The van der Waals surface area contributed by atoms with E-state index in [1.165, 1.54) is 6.26 Å². The van der Waals surface area contributed by atoms with Crippen molar-refractivity contribution in [1.29, 1.82) is 0 Å². The van der Waals surface area contributed by atoms with Gasteiger partial charge in [-0.05, 0) is 23.2 Å². The summed E-state index contributed by atoms with van der Waals surface area (Å²) in [5.74, 6) is 0.0300. The Morgan fingerprint density at radius 3 is 2.46 bits per heavy atom. The molecule has 0 aliphatic heterocycles. The van der Waals surface area contributed by atoms with E-state index in [9.17, 15) is 0 Å². The van der Waals surface area contributed by atoms with Crippen molar-refractivity contribution >= 4 is 46.4 Å². The molecule has 0 N–H and O–H groups in total. The van der Waals surface area contributed by atoms with Crippen molar-refractivity contribution in [3.8, 4) is 0 Å². The number of furan rings is 1. The lowest BCUT2D eigenvalue weighted by Crippen LogP contribution is -2.11. The second-order valence-electron chi connectivity index (χ2n) is 2.03. The van der Waals surface area contributed by atoms with Gasteiger partial charge in [0.05, 0.1) is 11.3 Å². The van der Waals surface area contributed by atoms with Crippen LogP contribution in [0, 0.1) is 0 Å². The summed E-state index contributed by atoms with van der Waals surface area (Å²) in [5, 5.41) is 0.337. The van der Waals surface area contributed by atoms with Crippen LogP contribution in [0.1, 0.15) is 5.76 Å². The second kappa shape index (κ2) is 4.01. The van der Waals surface area contributed by atoms with E-state index in [2.05, 4.69) is 6.58 Å². The minimum Gasteiger partial charge on any atom is -0.460 e. The Hall–Kier alpha value is -0.0200. The van der Waals surface area contributed by atoms with Crippen LogP contribution >= 0.6 is 46.4 Å². The van der Waals surface area contributed by atoms with Crippen molar-refractivity contribution in [3.05, 3.63) is 34.9 Å². The van der Waals surface area contributed by atoms with Gasteiger partial charge < -0.3 is 9.15 Å². The largest absolute Gasteiger partial charge is 0.460 e. The minimum atomic E-state index is -1.70. The van der Waals surface area contributed by atoms with Crippen LogP contribution in [0.2, 0.25) is 10.0 Å². The zero-order valence-electron chi connectivity index (χ0n) is 6.19. The number of alkyl halides is 2. The molecule has 0 aromatic carbocycles. The monoisotopic (exact) mass is 260 g/mol. The highest BCUT2D eigenvalue weighted by Crippen LogP contribution is 2.42. The van der Waals surface area contributed by atoms with Crippen LogP contribution in [0.4, 0.5) is 0 Å². The number of halogens is 4. The van der Waals surface area contributed by atoms with Gasteiger partial charge in [-0.25, -0.2) is 0 Å². The Kier molecular flexibility index (Phi) is 3.41. The predicted octanol–water partition coefficient (Wildman–Crippen LogP) is 4.33. The Labute approximate surface area is 95.0 Å². The van der Waals surface area contributed by atoms with Crippen molar-refractivity contribution < 1.29 is 9.15 Å². The summed E-state index contributed by atoms with van der Waals surface area (Å²) >= 11 is 22.8. The van der Waals surface area contributed by atoms with E-state index in [1.807, 2.05) is 0 Å². The highest BCUT2D eigenvalue weighted by Gasteiger charge is 2.35. The normalized spacial score (nSPS) is 11.4. The van der Waals surface area contributed by atoms with Crippen molar-refractivity contribution in [2.75, 3.05) is 0 Å². The summed E-state index contributed by atoms with van der Waals surface area (Å²) in [7, 11) is 0. The van der Waals surface area contributed by atoms with E-state index in [0.29, 0.717) is 0 Å². The quantitative estimate of drug-likeness (QED) is 0.597.